The number of aliphatic hydroxyl groups is 1. The lowest BCUT2D eigenvalue weighted by Gasteiger charge is -2.06. The molecule has 0 radical (unpaired) electrons. The topological polar surface area (TPSA) is 50.9 Å². The van der Waals surface area contributed by atoms with Crippen molar-refractivity contribution in [2.24, 2.45) is 0 Å². The van der Waals surface area contributed by atoms with Crippen LogP contribution in [0.1, 0.15) is 11.1 Å². The first-order valence-electron chi connectivity index (χ1n) is 5.34. The first-order chi connectivity index (χ1) is 8.95. The van der Waals surface area contributed by atoms with E-state index in [1.807, 2.05) is 0 Å². The van der Waals surface area contributed by atoms with Crippen molar-refractivity contribution < 1.29 is 18.3 Å². The second kappa shape index (κ2) is 5.13. The van der Waals surface area contributed by atoms with E-state index in [0.717, 1.165) is 12.1 Å². The van der Waals surface area contributed by atoms with Gasteiger partial charge >= 0.3 is 6.18 Å². The van der Waals surface area contributed by atoms with E-state index in [1.54, 1.807) is 0 Å². The van der Waals surface area contributed by atoms with Crippen molar-refractivity contribution in [3.63, 3.8) is 0 Å². The van der Waals surface area contributed by atoms with Crippen molar-refractivity contribution >= 4 is 6.08 Å². The van der Waals surface area contributed by atoms with Gasteiger partial charge < -0.3 is 5.11 Å². The Balaban J connectivity index is 2.10. The number of halogens is 3. The molecule has 1 heterocycles. The van der Waals surface area contributed by atoms with Crippen molar-refractivity contribution in [2.75, 3.05) is 0 Å². The fraction of sp³-hybridized carbons (Fsp3) is 0.167. The van der Waals surface area contributed by atoms with Gasteiger partial charge in [-0.15, -0.1) is 0 Å². The van der Waals surface area contributed by atoms with Gasteiger partial charge in [-0.25, -0.2) is 9.67 Å². The van der Waals surface area contributed by atoms with Crippen molar-refractivity contribution in [2.45, 2.75) is 12.7 Å². The zero-order chi connectivity index (χ0) is 13.9. The van der Waals surface area contributed by atoms with E-state index < -0.39 is 11.7 Å². The van der Waals surface area contributed by atoms with E-state index in [-0.39, 0.29) is 12.3 Å². The molecule has 19 heavy (non-hydrogen) atoms. The van der Waals surface area contributed by atoms with Gasteiger partial charge in [0.2, 0.25) is 0 Å². The molecule has 0 fully saturated rings. The SMILES string of the molecule is O/C(=C/c1ccc(C(F)(F)F)cc1)Cn1cncn1. The monoisotopic (exact) mass is 269 g/mol. The van der Waals surface area contributed by atoms with Crippen LogP contribution in [-0.2, 0) is 12.7 Å². The highest BCUT2D eigenvalue weighted by Crippen LogP contribution is 2.29. The average molecular weight is 269 g/mol. The number of allylic oxidation sites excluding steroid dienone is 1. The molecule has 0 spiro atoms. The normalized spacial score (nSPS) is 12.7. The van der Waals surface area contributed by atoms with E-state index in [2.05, 4.69) is 10.1 Å². The Morgan fingerprint density at radius 3 is 2.47 bits per heavy atom. The van der Waals surface area contributed by atoms with Crippen molar-refractivity contribution in [1.29, 1.82) is 0 Å². The van der Waals surface area contributed by atoms with Crippen LogP contribution in [0.25, 0.3) is 6.08 Å². The third-order valence-corrected chi connectivity index (χ3v) is 2.36. The van der Waals surface area contributed by atoms with Crippen LogP contribution in [-0.4, -0.2) is 19.9 Å². The third kappa shape index (κ3) is 3.57. The minimum absolute atomic E-state index is 0.0229. The maximum Gasteiger partial charge on any atom is 0.416 e. The molecular formula is C12H10F3N3O. The Morgan fingerprint density at radius 2 is 1.95 bits per heavy atom. The van der Waals surface area contributed by atoms with Gasteiger partial charge in [0.05, 0.1) is 12.1 Å². The van der Waals surface area contributed by atoms with Gasteiger partial charge in [0.1, 0.15) is 18.4 Å². The molecule has 100 valence electrons. The number of alkyl halides is 3. The van der Waals surface area contributed by atoms with Crippen LogP contribution < -0.4 is 0 Å². The maximum absolute atomic E-state index is 12.4. The molecule has 4 nitrogen and oxygen atoms in total. The molecule has 1 aromatic heterocycles. The predicted octanol–water partition coefficient (Wildman–Crippen LogP) is 2.90. The molecule has 0 bridgehead atoms. The second-order valence-corrected chi connectivity index (χ2v) is 3.85. The number of nitrogens with zero attached hydrogens (tertiary/aromatic N) is 3. The Labute approximate surface area is 106 Å². The van der Waals surface area contributed by atoms with Gasteiger partial charge in [-0.3, -0.25) is 0 Å². The number of aromatic nitrogens is 3. The third-order valence-electron chi connectivity index (χ3n) is 2.36. The van der Waals surface area contributed by atoms with Crippen molar-refractivity contribution in [3.05, 3.63) is 53.8 Å². The minimum Gasteiger partial charge on any atom is -0.510 e. The first kappa shape index (κ1) is 13.1. The summed E-state index contributed by atoms with van der Waals surface area (Å²) in [6.45, 7) is 0.112. The summed E-state index contributed by atoms with van der Waals surface area (Å²) < 4.78 is 38.5. The summed E-state index contributed by atoms with van der Waals surface area (Å²) in [7, 11) is 0. The lowest BCUT2D eigenvalue weighted by Crippen LogP contribution is -2.04. The molecule has 0 aliphatic rings. The highest BCUT2D eigenvalue weighted by atomic mass is 19.4. The van der Waals surface area contributed by atoms with Crippen molar-refractivity contribution in [3.8, 4) is 0 Å². The zero-order valence-electron chi connectivity index (χ0n) is 9.67. The van der Waals surface area contributed by atoms with Crippen LogP contribution >= 0.6 is 0 Å². The molecule has 0 atom stereocenters. The maximum atomic E-state index is 12.4. The average Bonchev–Trinajstić information content (AvgIpc) is 2.81. The van der Waals surface area contributed by atoms with Gasteiger partial charge in [0.15, 0.2) is 0 Å². The Hall–Kier alpha value is -2.31. The first-order valence-corrected chi connectivity index (χ1v) is 5.34. The molecule has 0 unspecified atom stereocenters. The molecule has 2 rings (SSSR count). The van der Waals surface area contributed by atoms with Crippen LogP contribution in [0.15, 0.2) is 42.7 Å². The fourth-order valence-corrected chi connectivity index (χ4v) is 1.49. The molecule has 0 saturated heterocycles. The van der Waals surface area contributed by atoms with E-state index in [4.69, 9.17) is 0 Å². The number of rotatable bonds is 3. The van der Waals surface area contributed by atoms with Gasteiger partial charge in [-0.2, -0.15) is 18.3 Å². The van der Waals surface area contributed by atoms with Crippen molar-refractivity contribution in [1.82, 2.24) is 14.8 Å². The number of hydrogen-bond acceptors (Lipinski definition) is 3. The smallest absolute Gasteiger partial charge is 0.416 e. The summed E-state index contributed by atoms with van der Waals surface area (Å²) in [5.41, 5.74) is -0.244. The second-order valence-electron chi connectivity index (χ2n) is 3.85. The highest BCUT2D eigenvalue weighted by molar-refractivity contribution is 5.51. The lowest BCUT2D eigenvalue weighted by molar-refractivity contribution is -0.137. The van der Waals surface area contributed by atoms with Gasteiger partial charge in [-0.05, 0) is 23.8 Å². The van der Waals surface area contributed by atoms with Gasteiger partial charge in [0, 0.05) is 0 Å². The molecule has 7 heteroatoms. The molecule has 1 N–H and O–H groups in total. The quantitative estimate of drug-likeness (QED) is 0.872. The van der Waals surface area contributed by atoms with Crippen LogP contribution in [0.3, 0.4) is 0 Å². The number of aliphatic hydroxyl groups excluding tert-OH is 1. The van der Waals surface area contributed by atoms with Gasteiger partial charge in [-0.1, -0.05) is 12.1 Å². The molecule has 0 aliphatic heterocycles. The number of hydrogen-bond donors (Lipinski definition) is 1. The van der Waals surface area contributed by atoms with Crippen LogP contribution in [0.5, 0.6) is 0 Å². The summed E-state index contributed by atoms with van der Waals surface area (Å²) in [5, 5.41) is 13.5. The fourth-order valence-electron chi connectivity index (χ4n) is 1.49. The zero-order valence-corrected chi connectivity index (χ0v) is 9.67. The van der Waals surface area contributed by atoms with Gasteiger partial charge in [0.25, 0.3) is 0 Å². The Kier molecular flexibility index (Phi) is 3.55. The summed E-state index contributed by atoms with van der Waals surface area (Å²) >= 11 is 0. The highest BCUT2D eigenvalue weighted by Gasteiger charge is 2.29. The van der Waals surface area contributed by atoms with Crippen LogP contribution in [0.4, 0.5) is 13.2 Å². The summed E-state index contributed by atoms with van der Waals surface area (Å²) in [6.07, 6.45) is -0.227. The molecule has 0 saturated carbocycles. The summed E-state index contributed by atoms with van der Waals surface area (Å²) in [4.78, 5) is 3.71. The molecule has 2 aromatic rings. The Bertz CT molecular complexity index is 559. The predicted molar refractivity (Wildman–Crippen MR) is 62.1 cm³/mol. The minimum atomic E-state index is -4.36. The lowest BCUT2D eigenvalue weighted by atomic mass is 10.1. The van der Waals surface area contributed by atoms with Crippen LogP contribution in [0.2, 0.25) is 0 Å². The molecule has 0 aliphatic carbocycles. The Morgan fingerprint density at radius 1 is 1.26 bits per heavy atom. The van der Waals surface area contributed by atoms with E-state index in [0.29, 0.717) is 5.56 Å². The van der Waals surface area contributed by atoms with E-state index >= 15 is 0 Å². The van der Waals surface area contributed by atoms with E-state index in [9.17, 15) is 18.3 Å². The summed E-state index contributed by atoms with van der Waals surface area (Å²) in [5.74, 6) is -0.0229. The largest absolute Gasteiger partial charge is 0.510 e. The molecule has 0 amide bonds. The van der Waals surface area contributed by atoms with E-state index in [1.165, 1.54) is 35.5 Å². The molecular weight excluding hydrogens is 259 g/mol. The summed E-state index contributed by atoms with van der Waals surface area (Å²) in [6, 6.07) is 4.52. The molecule has 1 aromatic carbocycles. The van der Waals surface area contributed by atoms with Crippen LogP contribution in [0, 0.1) is 0 Å². The number of benzene rings is 1. The standard InChI is InChI=1S/C12H10F3N3O/c13-12(14,15)10-3-1-9(2-4-10)5-11(19)6-18-8-16-7-17-18/h1-5,7-8,19H,6H2/b11-5+.